The number of halogens is 2. The Labute approximate surface area is 124 Å². The zero-order valence-corrected chi connectivity index (χ0v) is 11.9. The highest BCUT2D eigenvalue weighted by atomic mass is 79.9. The summed E-state index contributed by atoms with van der Waals surface area (Å²) >= 11 is 3.16. The maximum Gasteiger partial charge on any atom is 0.256 e. The number of anilines is 1. The molecule has 3 nitrogen and oxygen atoms in total. The summed E-state index contributed by atoms with van der Waals surface area (Å²) in [5, 5.41) is 11.3. The van der Waals surface area contributed by atoms with Gasteiger partial charge in [-0.3, -0.25) is 4.79 Å². The van der Waals surface area contributed by atoms with Crippen molar-refractivity contribution in [2.24, 2.45) is 0 Å². The fraction of sp³-hybridized carbons (Fsp3) is 0.0667. The molecule has 0 saturated heterocycles. The standard InChI is InChI=1S/C15H10BrFN2O/c16-14-9-11(17)3-6-13(14)15(20)19-12-4-1-10(2-5-12)7-8-18/h1-6,9H,7H2,(H,19,20). The van der Waals surface area contributed by atoms with Crippen molar-refractivity contribution in [3.05, 3.63) is 63.9 Å². The summed E-state index contributed by atoms with van der Waals surface area (Å²) in [4.78, 5) is 12.0. The molecule has 0 radical (unpaired) electrons. The zero-order chi connectivity index (χ0) is 14.5. The van der Waals surface area contributed by atoms with Gasteiger partial charge in [-0.1, -0.05) is 12.1 Å². The van der Waals surface area contributed by atoms with E-state index in [0.717, 1.165) is 5.56 Å². The van der Waals surface area contributed by atoms with E-state index >= 15 is 0 Å². The molecule has 0 atom stereocenters. The quantitative estimate of drug-likeness (QED) is 0.926. The molecule has 20 heavy (non-hydrogen) atoms. The normalized spacial score (nSPS) is 9.85. The largest absolute Gasteiger partial charge is 0.322 e. The van der Waals surface area contributed by atoms with Crippen molar-refractivity contribution >= 4 is 27.5 Å². The molecular weight excluding hydrogens is 323 g/mol. The van der Waals surface area contributed by atoms with Crippen LogP contribution in [-0.4, -0.2) is 5.91 Å². The molecule has 0 fully saturated rings. The number of carbonyl (C=O) groups is 1. The molecular formula is C15H10BrFN2O. The van der Waals surface area contributed by atoms with Crippen molar-refractivity contribution in [2.45, 2.75) is 6.42 Å². The fourth-order valence-corrected chi connectivity index (χ4v) is 2.20. The van der Waals surface area contributed by atoms with E-state index in [4.69, 9.17) is 5.26 Å². The number of amides is 1. The van der Waals surface area contributed by atoms with Crippen LogP contribution in [0.5, 0.6) is 0 Å². The molecule has 0 spiro atoms. The van der Waals surface area contributed by atoms with Crippen LogP contribution in [0.25, 0.3) is 0 Å². The number of hydrogen-bond acceptors (Lipinski definition) is 2. The van der Waals surface area contributed by atoms with Gasteiger partial charge in [0.25, 0.3) is 5.91 Å². The van der Waals surface area contributed by atoms with Crippen molar-refractivity contribution in [3.63, 3.8) is 0 Å². The molecule has 5 heteroatoms. The molecule has 2 aromatic rings. The van der Waals surface area contributed by atoms with Gasteiger partial charge in [-0.25, -0.2) is 4.39 Å². The van der Waals surface area contributed by atoms with Crippen molar-refractivity contribution in [1.82, 2.24) is 0 Å². The molecule has 0 unspecified atom stereocenters. The van der Waals surface area contributed by atoms with Gasteiger partial charge in [-0.05, 0) is 51.8 Å². The smallest absolute Gasteiger partial charge is 0.256 e. The third kappa shape index (κ3) is 3.43. The average Bonchev–Trinajstić information content (AvgIpc) is 2.41. The van der Waals surface area contributed by atoms with Gasteiger partial charge in [0.05, 0.1) is 18.1 Å². The second-order valence-electron chi connectivity index (χ2n) is 4.11. The highest BCUT2D eigenvalue weighted by molar-refractivity contribution is 9.10. The Morgan fingerprint density at radius 3 is 2.55 bits per heavy atom. The third-order valence-corrected chi connectivity index (χ3v) is 3.33. The van der Waals surface area contributed by atoms with Gasteiger partial charge >= 0.3 is 0 Å². The summed E-state index contributed by atoms with van der Waals surface area (Å²) < 4.78 is 13.4. The van der Waals surface area contributed by atoms with Crippen molar-refractivity contribution in [2.75, 3.05) is 5.32 Å². The van der Waals surface area contributed by atoms with E-state index in [1.165, 1.54) is 18.2 Å². The number of hydrogen-bond donors (Lipinski definition) is 1. The summed E-state index contributed by atoms with van der Waals surface area (Å²) in [6.45, 7) is 0. The van der Waals surface area contributed by atoms with Crippen LogP contribution in [0.1, 0.15) is 15.9 Å². The summed E-state index contributed by atoms with van der Waals surface area (Å²) in [7, 11) is 0. The van der Waals surface area contributed by atoms with E-state index in [9.17, 15) is 9.18 Å². The van der Waals surface area contributed by atoms with Gasteiger partial charge in [0.2, 0.25) is 0 Å². The highest BCUT2D eigenvalue weighted by Crippen LogP contribution is 2.20. The lowest BCUT2D eigenvalue weighted by molar-refractivity contribution is 0.102. The van der Waals surface area contributed by atoms with Gasteiger partial charge in [-0.15, -0.1) is 0 Å². The second-order valence-corrected chi connectivity index (χ2v) is 4.96. The third-order valence-electron chi connectivity index (χ3n) is 2.67. The van der Waals surface area contributed by atoms with Crippen LogP contribution in [0.15, 0.2) is 46.9 Å². The summed E-state index contributed by atoms with van der Waals surface area (Å²) in [6, 6.07) is 12.9. The Balaban J connectivity index is 2.13. The maximum absolute atomic E-state index is 13.0. The first-order valence-electron chi connectivity index (χ1n) is 5.82. The SMILES string of the molecule is N#CCc1ccc(NC(=O)c2ccc(F)cc2Br)cc1. The molecule has 2 aromatic carbocycles. The molecule has 0 aliphatic carbocycles. The molecule has 2 rings (SSSR count). The first kappa shape index (κ1) is 14.2. The number of nitriles is 1. The van der Waals surface area contributed by atoms with Gasteiger partial charge < -0.3 is 5.32 Å². The number of nitrogens with zero attached hydrogens (tertiary/aromatic N) is 1. The number of carbonyl (C=O) groups excluding carboxylic acids is 1. The van der Waals surface area contributed by atoms with Gasteiger partial charge in [0, 0.05) is 10.2 Å². The van der Waals surface area contributed by atoms with Crippen molar-refractivity contribution < 1.29 is 9.18 Å². The van der Waals surface area contributed by atoms with Crippen molar-refractivity contribution in [3.8, 4) is 6.07 Å². The number of rotatable bonds is 3. The lowest BCUT2D eigenvalue weighted by Crippen LogP contribution is -2.12. The van der Waals surface area contributed by atoms with Gasteiger partial charge in [0.15, 0.2) is 0 Å². The molecule has 1 N–H and O–H groups in total. The van der Waals surface area contributed by atoms with E-state index in [0.29, 0.717) is 22.1 Å². The predicted octanol–water partition coefficient (Wildman–Crippen LogP) is 3.91. The van der Waals surface area contributed by atoms with Crippen LogP contribution in [-0.2, 0) is 6.42 Å². The Morgan fingerprint density at radius 1 is 1.25 bits per heavy atom. The van der Waals surface area contributed by atoms with Crippen LogP contribution in [0.2, 0.25) is 0 Å². The Morgan fingerprint density at radius 2 is 1.95 bits per heavy atom. The molecule has 100 valence electrons. The molecule has 0 aliphatic heterocycles. The second kappa shape index (κ2) is 6.31. The molecule has 0 saturated carbocycles. The van der Waals surface area contributed by atoms with E-state index in [1.807, 2.05) is 0 Å². The number of nitrogens with one attached hydrogen (secondary N) is 1. The van der Waals surface area contributed by atoms with E-state index in [2.05, 4.69) is 27.3 Å². The van der Waals surface area contributed by atoms with E-state index < -0.39 is 5.82 Å². The average molecular weight is 333 g/mol. The topological polar surface area (TPSA) is 52.9 Å². The lowest BCUT2D eigenvalue weighted by Gasteiger charge is -2.07. The summed E-state index contributed by atoms with van der Waals surface area (Å²) in [5.41, 5.74) is 1.86. The molecule has 0 aliphatic rings. The summed E-state index contributed by atoms with van der Waals surface area (Å²) in [6.07, 6.45) is 0.331. The highest BCUT2D eigenvalue weighted by Gasteiger charge is 2.10. The number of benzene rings is 2. The Kier molecular flexibility index (Phi) is 4.49. The van der Waals surface area contributed by atoms with Crippen LogP contribution >= 0.6 is 15.9 Å². The predicted molar refractivity (Wildman–Crippen MR) is 77.8 cm³/mol. The van der Waals surface area contributed by atoms with E-state index in [1.54, 1.807) is 24.3 Å². The molecule has 1 amide bonds. The van der Waals surface area contributed by atoms with E-state index in [-0.39, 0.29) is 5.91 Å². The minimum absolute atomic E-state index is 0.329. The maximum atomic E-state index is 13.0. The van der Waals surface area contributed by atoms with Crippen LogP contribution < -0.4 is 5.32 Å². The van der Waals surface area contributed by atoms with Crippen LogP contribution in [0.3, 0.4) is 0 Å². The first-order chi connectivity index (χ1) is 9.60. The molecule has 0 bridgehead atoms. The fourth-order valence-electron chi connectivity index (χ4n) is 1.67. The summed E-state index contributed by atoms with van der Waals surface area (Å²) in [5.74, 6) is -0.737. The van der Waals surface area contributed by atoms with Gasteiger partial charge in [-0.2, -0.15) is 5.26 Å². The van der Waals surface area contributed by atoms with Gasteiger partial charge in [0.1, 0.15) is 5.82 Å². The monoisotopic (exact) mass is 332 g/mol. The Bertz CT molecular complexity index is 677. The lowest BCUT2D eigenvalue weighted by atomic mass is 10.1. The van der Waals surface area contributed by atoms with Crippen LogP contribution in [0.4, 0.5) is 10.1 Å². The first-order valence-corrected chi connectivity index (χ1v) is 6.62. The molecule has 0 aromatic heterocycles. The Hall–Kier alpha value is -2.19. The molecule has 0 heterocycles. The zero-order valence-electron chi connectivity index (χ0n) is 10.4. The minimum Gasteiger partial charge on any atom is -0.322 e. The minimum atomic E-state index is -0.408. The van der Waals surface area contributed by atoms with Crippen molar-refractivity contribution in [1.29, 1.82) is 5.26 Å². The van der Waals surface area contributed by atoms with Crippen LogP contribution in [0, 0.1) is 17.1 Å².